The summed E-state index contributed by atoms with van der Waals surface area (Å²) in [7, 11) is 0. The fourth-order valence-electron chi connectivity index (χ4n) is 2.06. The van der Waals surface area contributed by atoms with Gasteiger partial charge in [0, 0.05) is 24.3 Å². The quantitative estimate of drug-likeness (QED) is 0.842. The number of nitrogens with one attached hydrogen (secondary N) is 2. The maximum absolute atomic E-state index is 12.0. The molecule has 1 aliphatic heterocycles. The third-order valence-electron chi connectivity index (χ3n) is 3.09. The predicted octanol–water partition coefficient (Wildman–Crippen LogP) is 2.82. The smallest absolute Gasteiger partial charge is 0.251 e. The van der Waals surface area contributed by atoms with Gasteiger partial charge in [-0.15, -0.1) is 0 Å². The van der Waals surface area contributed by atoms with Crippen molar-refractivity contribution in [3.05, 3.63) is 29.3 Å². The highest BCUT2D eigenvalue weighted by molar-refractivity contribution is 5.95. The lowest BCUT2D eigenvalue weighted by atomic mass is 9.96. The maximum Gasteiger partial charge on any atom is 0.251 e. The lowest BCUT2D eigenvalue weighted by molar-refractivity contribution is 0.0939. The summed E-state index contributed by atoms with van der Waals surface area (Å²) in [5.41, 5.74) is 3.31. The van der Waals surface area contributed by atoms with E-state index in [1.807, 2.05) is 18.2 Å². The van der Waals surface area contributed by atoms with Crippen molar-refractivity contribution in [3.8, 4) is 0 Å². The highest BCUT2D eigenvalue weighted by Crippen LogP contribution is 2.23. The molecule has 0 bridgehead atoms. The van der Waals surface area contributed by atoms with Crippen LogP contribution in [0.15, 0.2) is 18.2 Å². The van der Waals surface area contributed by atoms with Crippen LogP contribution in [0, 0.1) is 5.41 Å². The van der Waals surface area contributed by atoms with E-state index in [0.29, 0.717) is 6.54 Å². The van der Waals surface area contributed by atoms with E-state index in [0.717, 1.165) is 24.9 Å². The zero-order valence-corrected chi connectivity index (χ0v) is 11.5. The Labute approximate surface area is 109 Å². The molecular weight excluding hydrogens is 224 g/mol. The Morgan fingerprint density at radius 3 is 2.89 bits per heavy atom. The van der Waals surface area contributed by atoms with Gasteiger partial charge in [0.1, 0.15) is 0 Å². The highest BCUT2D eigenvalue weighted by atomic mass is 16.1. The summed E-state index contributed by atoms with van der Waals surface area (Å²) in [5, 5.41) is 6.34. The molecule has 0 aliphatic carbocycles. The second-order valence-corrected chi connectivity index (χ2v) is 6.15. The molecule has 1 aliphatic rings. The van der Waals surface area contributed by atoms with Crippen LogP contribution in [-0.4, -0.2) is 19.0 Å². The van der Waals surface area contributed by atoms with Crippen LogP contribution in [-0.2, 0) is 6.42 Å². The van der Waals surface area contributed by atoms with E-state index in [1.54, 1.807) is 0 Å². The average molecular weight is 246 g/mol. The number of fused-ring (bicyclic) bond motifs is 1. The number of carbonyl (C=O) groups excluding carboxylic acids is 1. The van der Waals surface area contributed by atoms with Gasteiger partial charge in [0.25, 0.3) is 5.91 Å². The predicted molar refractivity (Wildman–Crippen MR) is 75.0 cm³/mol. The first-order valence-electron chi connectivity index (χ1n) is 6.61. The van der Waals surface area contributed by atoms with Gasteiger partial charge in [-0.2, -0.15) is 0 Å². The number of aryl methyl sites for hydroxylation is 1. The summed E-state index contributed by atoms with van der Waals surface area (Å²) in [6, 6.07) is 5.93. The molecule has 3 heteroatoms. The van der Waals surface area contributed by atoms with Crippen molar-refractivity contribution in [2.45, 2.75) is 33.6 Å². The fraction of sp³-hybridized carbons (Fsp3) is 0.533. The third-order valence-corrected chi connectivity index (χ3v) is 3.09. The maximum atomic E-state index is 12.0. The summed E-state index contributed by atoms with van der Waals surface area (Å²) in [6.45, 7) is 8.07. The fourth-order valence-corrected chi connectivity index (χ4v) is 2.06. The molecule has 0 spiro atoms. The Kier molecular flexibility index (Phi) is 3.60. The molecule has 0 fully saturated rings. The Bertz CT molecular complexity index is 446. The summed E-state index contributed by atoms with van der Waals surface area (Å²) in [5.74, 6) is 0.0262. The first-order chi connectivity index (χ1) is 8.46. The molecule has 2 rings (SSSR count). The van der Waals surface area contributed by atoms with Crippen LogP contribution in [0.2, 0.25) is 0 Å². The Hall–Kier alpha value is -1.51. The molecule has 98 valence electrons. The van der Waals surface area contributed by atoms with Gasteiger partial charge in [-0.05, 0) is 42.0 Å². The summed E-state index contributed by atoms with van der Waals surface area (Å²) >= 11 is 0. The number of hydrogen-bond donors (Lipinski definition) is 2. The van der Waals surface area contributed by atoms with Gasteiger partial charge in [0.2, 0.25) is 0 Å². The van der Waals surface area contributed by atoms with E-state index >= 15 is 0 Å². The van der Waals surface area contributed by atoms with E-state index in [1.165, 1.54) is 11.3 Å². The van der Waals surface area contributed by atoms with E-state index < -0.39 is 0 Å². The second-order valence-electron chi connectivity index (χ2n) is 6.15. The molecule has 1 aromatic rings. The summed E-state index contributed by atoms with van der Waals surface area (Å²) in [6.07, 6.45) is 2.20. The minimum Gasteiger partial charge on any atom is -0.385 e. The molecule has 0 unspecified atom stereocenters. The monoisotopic (exact) mass is 246 g/mol. The van der Waals surface area contributed by atoms with Crippen molar-refractivity contribution in [3.63, 3.8) is 0 Å². The number of hydrogen-bond acceptors (Lipinski definition) is 2. The van der Waals surface area contributed by atoms with Crippen LogP contribution < -0.4 is 10.6 Å². The van der Waals surface area contributed by atoms with Crippen LogP contribution in [0.3, 0.4) is 0 Å². The Morgan fingerprint density at radius 2 is 2.17 bits per heavy atom. The van der Waals surface area contributed by atoms with Crippen molar-refractivity contribution in [1.82, 2.24) is 5.32 Å². The van der Waals surface area contributed by atoms with Crippen LogP contribution in [0.1, 0.15) is 43.1 Å². The SMILES string of the molecule is CC(C)(C)CNC(=O)c1ccc2c(c1)CCCN2. The number of carbonyl (C=O) groups is 1. The molecule has 3 nitrogen and oxygen atoms in total. The van der Waals surface area contributed by atoms with Gasteiger partial charge >= 0.3 is 0 Å². The molecular formula is C15H22N2O. The molecule has 0 saturated heterocycles. The van der Waals surface area contributed by atoms with E-state index in [-0.39, 0.29) is 11.3 Å². The van der Waals surface area contributed by atoms with Crippen molar-refractivity contribution in [1.29, 1.82) is 0 Å². The summed E-state index contributed by atoms with van der Waals surface area (Å²) < 4.78 is 0. The molecule has 0 radical (unpaired) electrons. The Morgan fingerprint density at radius 1 is 1.39 bits per heavy atom. The van der Waals surface area contributed by atoms with Crippen LogP contribution in [0.25, 0.3) is 0 Å². The van der Waals surface area contributed by atoms with Crippen molar-refractivity contribution in [2.75, 3.05) is 18.4 Å². The van der Waals surface area contributed by atoms with Gasteiger partial charge in [-0.3, -0.25) is 4.79 Å². The summed E-state index contributed by atoms with van der Waals surface area (Å²) in [4.78, 5) is 12.0. The number of rotatable bonds is 2. The standard InChI is InChI=1S/C15H22N2O/c1-15(2,3)10-17-14(18)12-6-7-13-11(9-12)5-4-8-16-13/h6-7,9,16H,4-5,8,10H2,1-3H3,(H,17,18). The minimum atomic E-state index is 0.0262. The normalized spacial score (nSPS) is 14.6. The van der Waals surface area contributed by atoms with Gasteiger partial charge in [0.15, 0.2) is 0 Å². The lowest BCUT2D eigenvalue weighted by Gasteiger charge is -2.20. The van der Waals surface area contributed by atoms with Crippen LogP contribution in [0.4, 0.5) is 5.69 Å². The van der Waals surface area contributed by atoms with Gasteiger partial charge in [-0.1, -0.05) is 20.8 Å². The number of anilines is 1. The average Bonchev–Trinajstić information content (AvgIpc) is 2.34. The minimum absolute atomic E-state index is 0.0262. The number of benzene rings is 1. The molecule has 18 heavy (non-hydrogen) atoms. The van der Waals surface area contributed by atoms with Crippen molar-refractivity contribution >= 4 is 11.6 Å². The van der Waals surface area contributed by atoms with Crippen LogP contribution >= 0.6 is 0 Å². The van der Waals surface area contributed by atoms with Crippen LogP contribution in [0.5, 0.6) is 0 Å². The van der Waals surface area contributed by atoms with E-state index in [4.69, 9.17) is 0 Å². The molecule has 1 amide bonds. The second kappa shape index (κ2) is 5.01. The van der Waals surface area contributed by atoms with Gasteiger partial charge in [-0.25, -0.2) is 0 Å². The molecule has 0 atom stereocenters. The molecule has 0 saturated carbocycles. The highest BCUT2D eigenvalue weighted by Gasteiger charge is 2.15. The topological polar surface area (TPSA) is 41.1 Å². The largest absolute Gasteiger partial charge is 0.385 e. The number of amides is 1. The zero-order valence-electron chi connectivity index (χ0n) is 11.5. The first-order valence-corrected chi connectivity index (χ1v) is 6.61. The van der Waals surface area contributed by atoms with Gasteiger partial charge in [0.05, 0.1) is 0 Å². The molecule has 1 aromatic carbocycles. The molecule has 2 N–H and O–H groups in total. The van der Waals surface area contributed by atoms with Crippen molar-refractivity contribution in [2.24, 2.45) is 5.41 Å². The third kappa shape index (κ3) is 3.25. The first kappa shape index (κ1) is 12.9. The molecule has 0 aromatic heterocycles. The van der Waals surface area contributed by atoms with E-state index in [2.05, 4.69) is 31.4 Å². The molecule has 1 heterocycles. The lowest BCUT2D eigenvalue weighted by Crippen LogP contribution is -2.32. The Balaban J connectivity index is 2.07. The zero-order chi connectivity index (χ0) is 13.2. The van der Waals surface area contributed by atoms with E-state index in [9.17, 15) is 4.79 Å². The van der Waals surface area contributed by atoms with Crippen molar-refractivity contribution < 1.29 is 4.79 Å². The van der Waals surface area contributed by atoms with Gasteiger partial charge < -0.3 is 10.6 Å².